The Kier molecular flexibility index (Phi) is 11.8. The highest BCUT2D eigenvalue weighted by Gasteiger charge is 2.62. The lowest BCUT2D eigenvalue weighted by Gasteiger charge is -2.29. The summed E-state index contributed by atoms with van der Waals surface area (Å²) in [7, 11) is -3.95. The van der Waals surface area contributed by atoms with Crippen molar-refractivity contribution in [2.75, 3.05) is 6.54 Å². The highest BCUT2D eigenvalue weighted by molar-refractivity contribution is 7.91. The number of esters is 1. The molecule has 2 aromatic heterocycles. The van der Waals surface area contributed by atoms with Crippen LogP contribution in [0.15, 0.2) is 30.4 Å². The second-order valence-corrected chi connectivity index (χ2v) is 22.9. The summed E-state index contributed by atoms with van der Waals surface area (Å²) < 4.78 is 42.5. The maximum atomic E-state index is 14.8. The third-order valence-electron chi connectivity index (χ3n) is 13.3. The second-order valence-electron chi connectivity index (χ2n) is 19.7. The summed E-state index contributed by atoms with van der Waals surface area (Å²) in [6.07, 6.45) is 12.3. The number of benzene rings is 1. The van der Waals surface area contributed by atoms with E-state index in [1.54, 1.807) is 43.9 Å². The van der Waals surface area contributed by atoms with E-state index in [-0.39, 0.29) is 49.5 Å². The molecule has 2 amide bonds. The number of aromatic nitrogens is 3. The highest BCUT2D eigenvalue weighted by Crippen LogP contribution is 2.58. The van der Waals surface area contributed by atoms with E-state index in [1.807, 2.05) is 34.9 Å². The number of Topliss-reactive ketones (excluding diaryl/α,β-unsaturated/α-hetero) is 1. The van der Waals surface area contributed by atoms with Crippen LogP contribution in [0.3, 0.4) is 0 Å². The normalized spacial score (nSPS) is 27.4. The van der Waals surface area contributed by atoms with Gasteiger partial charge in [0, 0.05) is 35.2 Å². The third kappa shape index (κ3) is 8.92. The largest absolute Gasteiger partial charge is 0.460 e. The summed E-state index contributed by atoms with van der Waals surface area (Å²) in [6, 6.07) is 5.45. The quantitative estimate of drug-likeness (QED) is 0.166. The average Bonchev–Trinajstić information content (AvgIpc) is 3.89. The zero-order valence-electron chi connectivity index (χ0n) is 36.5. The van der Waals surface area contributed by atoms with Crippen molar-refractivity contribution in [3.8, 4) is 16.6 Å². The molecule has 0 spiro atoms. The van der Waals surface area contributed by atoms with Crippen LogP contribution in [0.1, 0.15) is 142 Å². The number of thiazole rings is 1. The Bertz CT molecular complexity index is 2330. The first-order valence-electron chi connectivity index (χ1n) is 22.3. The summed E-state index contributed by atoms with van der Waals surface area (Å²) in [6.45, 7) is 11.2. The van der Waals surface area contributed by atoms with Crippen molar-refractivity contribution in [2.24, 2.45) is 17.3 Å². The summed E-state index contributed by atoms with van der Waals surface area (Å²) in [5, 5.41) is 0.932. The SMILES string of the molecule is CC(C)n1c(O[C@@H]2C[C@H]3C(=O)C[C@]4(C(=O)NS(=O)(=O)C5(C)CC5)C[C@@H]4/C=C\CCCCC[C@H](CC(=O)OC(C)(C)C)C(=O)N3C2)nc2c(-c3nc4c(s3)CCCC4)cccc21. The predicted octanol–water partition coefficient (Wildman–Crippen LogP) is 7.80. The van der Waals surface area contributed by atoms with Crippen LogP contribution in [0.2, 0.25) is 0 Å². The lowest BCUT2D eigenvalue weighted by atomic mass is 9.90. The first-order chi connectivity index (χ1) is 28.9. The van der Waals surface area contributed by atoms with E-state index in [0.29, 0.717) is 38.1 Å². The summed E-state index contributed by atoms with van der Waals surface area (Å²) in [4.78, 5) is 70.0. The number of rotatable bonds is 9. The summed E-state index contributed by atoms with van der Waals surface area (Å²) in [5.74, 6) is -2.85. The number of para-hydroxylation sites is 1. The molecule has 61 heavy (non-hydrogen) atoms. The van der Waals surface area contributed by atoms with Gasteiger partial charge in [-0.25, -0.2) is 13.4 Å². The van der Waals surface area contributed by atoms with Gasteiger partial charge in [-0.3, -0.25) is 28.5 Å². The first-order valence-corrected chi connectivity index (χ1v) is 24.6. The number of nitrogens with zero attached hydrogens (tertiary/aromatic N) is 4. The van der Waals surface area contributed by atoms with Crippen LogP contribution in [0, 0.1) is 17.3 Å². The molecule has 2 saturated carbocycles. The van der Waals surface area contributed by atoms with Gasteiger partial charge < -0.3 is 14.4 Å². The second kappa shape index (κ2) is 16.5. The number of allylic oxidation sites excluding steroid dienone is 2. The molecule has 2 aliphatic heterocycles. The van der Waals surface area contributed by atoms with E-state index < -0.39 is 55.7 Å². The molecule has 3 aromatic rings. The van der Waals surface area contributed by atoms with Gasteiger partial charge in [0.15, 0.2) is 5.78 Å². The number of carbonyl (C=O) groups excluding carboxylic acids is 4. The Morgan fingerprint density at radius 3 is 2.54 bits per heavy atom. The number of carbonyl (C=O) groups is 4. The van der Waals surface area contributed by atoms with Crippen molar-refractivity contribution in [3.05, 3.63) is 40.9 Å². The van der Waals surface area contributed by atoms with Gasteiger partial charge in [-0.05, 0) is 124 Å². The zero-order chi connectivity index (χ0) is 43.5. The molecule has 0 radical (unpaired) electrons. The van der Waals surface area contributed by atoms with Crippen molar-refractivity contribution in [2.45, 2.75) is 166 Å². The first kappa shape index (κ1) is 43.5. The number of hydrogen-bond donors (Lipinski definition) is 1. The highest BCUT2D eigenvalue weighted by atomic mass is 32.2. The number of fused-ring (bicyclic) bond motifs is 4. The third-order valence-corrected chi connectivity index (χ3v) is 16.7. The maximum Gasteiger partial charge on any atom is 0.307 e. The Morgan fingerprint density at radius 2 is 1.82 bits per heavy atom. The van der Waals surface area contributed by atoms with Gasteiger partial charge in [0.2, 0.25) is 21.8 Å². The molecular weight excluding hydrogens is 815 g/mol. The van der Waals surface area contributed by atoms with Gasteiger partial charge in [0.05, 0.1) is 40.4 Å². The fourth-order valence-electron chi connectivity index (χ4n) is 9.47. The predicted molar refractivity (Wildman–Crippen MR) is 233 cm³/mol. The molecule has 3 aliphatic carbocycles. The van der Waals surface area contributed by atoms with E-state index >= 15 is 0 Å². The van der Waals surface area contributed by atoms with E-state index in [9.17, 15) is 27.6 Å². The number of ketones is 1. The number of amides is 2. The fraction of sp³-hybridized carbons (Fsp3) is 0.652. The number of hydrogen-bond acceptors (Lipinski definition) is 11. The molecule has 5 atom stereocenters. The molecule has 15 heteroatoms. The van der Waals surface area contributed by atoms with Crippen molar-refractivity contribution < 1.29 is 37.1 Å². The van der Waals surface area contributed by atoms with Crippen LogP contribution >= 0.6 is 11.3 Å². The smallest absolute Gasteiger partial charge is 0.307 e. The van der Waals surface area contributed by atoms with Gasteiger partial charge in [0.25, 0.3) is 6.01 Å². The standard InChI is InChI=1S/C46H61N5O8S2/c1-28(2)51-34-19-14-17-32(40-47-33-18-12-13-20-37(33)60-40)39(34)48-43(51)58-31-24-35-36(52)26-46(42(55)49-61(56,57)45(6)21-22-45)25-30(46)16-11-9-7-8-10-15-29(41(54)50(35)27-31)23-38(53)59-44(3,4)5/h11,14,16-17,19,28-31,35H,7-10,12-13,15,18,20-27H2,1-6H3,(H,49,55)/b16-11-/t29-,30+,31-,35+,46-/m1/s1. The minimum absolute atomic E-state index is 0.0412. The molecule has 1 N–H and O–H groups in total. The number of ether oxygens (including phenoxy) is 2. The van der Waals surface area contributed by atoms with Crippen LogP contribution in [0.5, 0.6) is 6.01 Å². The lowest BCUT2D eigenvalue weighted by Crippen LogP contribution is -2.47. The van der Waals surface area contributed by atoms with Crippen molar-refractivity contribution in [3.63, 3.8) is 0 Å². The Morgan fingerprint density at radius 1 is 1.05 bits per heavy atom. The number of sulfonamides is 1. The molecular formula is C46H61N5O8S2. The molecule has 4 heterocycles. The van der Waals surface area contributed by atoms with Crippen molar-refractivity contribution in [1.29, 1.82) is 0 Å². The van der Waals surface area contributed by atoms with Crippen LogP contribution in [-0.4, -0.2) is 80.5 Å². The molecule has 0 bridgehead atoms. The molecule has 8 rings (SSSR count). The number of imidazole rings is 1. The van der Waals surface area contributed by atoms with E-state index in [2.05, 4.69) is 18.6 Å². The van der Waals surface area contributed by atoms with Crippen molar-refractivity contribution in [1.82, 2.24) is 24.2 Å². The molecule has 5 aliphatic rings. The minimum atomic E-state index is -3.95. The molecule has 0 unspecified atom stereocenters. The van der Waals surface area contributed by atoms with E-state index in [0.717, 1.165) is 66.6 Å². The monoisotopic (exact) mass is 875 g/mol. The van der Waals surface area contributed by atoms with Gasteiger partial charge in [-0.15, -0.1) is 11.3 Å². The van der Waals surface area contributed by atoms with Gasteiger partial charge in [-0.1, -0.05) is 31.1 Å². The molecule has 1 saturated heterocycles. The summed E-state index contributed by atoms with van der Waals surface area (Å²) >= 11 is 1.73. The molecule has 3 fully saturated rings. The maximum absolute atomic E-state index is 14.8. The number of nitrogens with one attached hydrogen (secondary N) is 1. The minimum Gasteiger partial charge on any atom is -0.460 e. The Balaban J connectivity index is 1.12. The van der Waals surface area contributed by atoms with E-state index in [4.69, 9.17) is 19.4 Å². The molecule has 330 valence electrons. The average molecular weight is 876 g/mol. The fourth-order valence-corrected chi connectivity index (χ4v) is 12.0. The van der Waals surface area contributed by atoms with Crippen LogP contribution in [0.4, 0.5) is 0 Å². The lowest BCUT2D eigenvalue weighted by molar-refractivity contribution is -0.159. The van der Waals surface area contributed by atoms with Crippen LogP contribution in [0.25, 0.3) is 21.6 Å². The molecule has 1 aromatic carbocycles. The van der Waals surface area contributed by atoms with Crippen LogP contribution in [-0.2, 0) is 46.8 Å². The Hall–Kier alpha value is -4.11. The van der Waals surface area contributed by atoms with Gasteiger partial charge >= 0.3 is 5.97 Å². The topological polar surface area (TPSA) is 167 Å². The van der Waals surface area contributed by atoms with Crippen LogP contribution < -0.4 is 9.46 Å². The van der Waals surface area contributed by atoms with Gasteiger partial charge in [0.1, 0.15) is 22.2 Å². The molecule has 13 nitrogen and oxygen atoms in total. The number of aryl methyl sites for hydroxylation is 2. The van der Waals surface area contributed by atoms with Gasteiger partial charge in [-0.2, -0.15) is 4.98 Å². The van der Waals surface area contributed by atoms with E-state index in [1.165, 1.54) is 10.6 Å². The Labute approximate surface area is 363 Å². The summed E-state index contributed by atoms with van der Waals surface area (Å²) in [5.41, 5.74) is 1.77. The zero-order valence-corrected chi connectivity index (χ0v) is 38.1. The van der Waals surface area contributed by atoms with Crippen molar-refractivity contribution >= 4 is 56.0 Å².